The molecule has 0 spiro atoms. The van der Waals surface area contributed by atoms with Crippen LogP contribution in [-0.4, -0.2) is 29.0 Å². The average Bonchev–Trinajstić information content (AvgIpc) is 2.32. The third-order valence-corrected chi connectivity index (χ3v) is 2.81. The van der Waals surface area contributed by atoms with E-state index in [-0.39, 0.29) is 11.7 Å². The molecule has 0 amide bonds. The summed E-state index contributed by atoms with van der Waals surface area (Å²) in [6, 6.07) is 4.30. The zero-order valence-electron chi connectivity index (χ0n) is 10.2. The summed E-state index contributed by atoms with van der Waals surface area (Å²) >= 11 is 5.97. The van der Waals surface area contributed by atoms with Crippen LogP contribution >= 0.6 is 11.6 Å². The fourth-order valence-corrected chi connectivity index (χ4v) is 1.91. The molecule has 0 aromatic heterocycles. The van der Waals surface area contributed by atoms with Gasteiger partial charge < -0.3 is 10.9 Å². The topological polar surface area (TPSA) is 61.8 Å². The van der Waals surface area contributed by atoms with Gasteiger partial charge in [-0.05, 0) is 30.7 Å². The molecule has 0 fully saturated rings. The molecule has 18 heavy (non-hydrogen) atoms. The van der Waals surface area contributed by atoms with Gasteiger partial charge in [-0.25, -0.2) is 4.39 Å². The van der Waals surface area contributed by atoms with Gasteiger partial charge in [0.25, 0.3) is 0 Å². The second-order valence-corrected chi connectivity index (χ2v) is 4.44. The summed E-state index contributed by atoms with van der Waals surface area (Å²) in [5.41, 5.74) is 6.30. The molecule has 0 saturated carbocycles. The highest BCUT2D eigenvalue weighted by Crippen LogP contribution is 2.19. The maximum Gasteiger partial charge on any atom is 0.153 e. The van der Waals surface area contributed by atoms with Crippen LogP contribution in [0.3, 0.4) is 0 Å². The molecule has 0 aliphatic carbocycles. The highest BCUT2D eigenvalue weighted by atomic mass is 35.5. The number of benzene rings is 1. The number of nitrogens with zero attached hydrogens (tertiary/aromatic N) is 2. The molecule has 1 rings (SSSR count). The number of hydrogen-bond acceptors (Lipinski definition) is 3. The van der Waals surface area contributed by atoms with Gasteiger partial charge in [-0.2, -0.15) is 0 Å². The van der Waals surface area contributed by atoms with E-state index >= 15 is 0 Å². The first-order chi connectivity index (χ1) is 8.56. The number of rotatable bonds is 6. The predicted octanol–water partition coefficient (Wildman–Crippen LogP) is 2.44. The van der Waals surface area contributed by atoms with Crippen molar-refractivity contribution in [2.45, 2.75) is 19.9 Å². The van der Waals surface area contributed by atoms with Crippen LogP contribution in [0.5, 0.6) is 0 Å². The zero-order valence-corrected chi connectivity index (χ0v) is 11.0. The van der Waals surface area contributed by atoms with Crippen molar-refractivity contribution in [3.8, 4) is 0 Å². The smallest absolute Gasteiger partial charge is 0.153 e. The van der Waals surface area contributed by atoms with Crippen molar-refractivity contribution in [1.29, 1.82) is 0 Å². The molecule has 1 aromatic carbocycles. The fraction of sp³-hybridized carbons (Fsp3) is 0.417. The minimum Gasteiger partial charge on any atom is -0.409 e. The second-order valence-electron chi connectivity index (χ2n) is 4.04. The Kier molecular flexibility index (Phi) is 5.88. The first kappa shape index (κ1) is 14.7. The van der Waals surface area contributed by atoms with E-state index in [1.165, 1.54) is 12.1 Å². The Morgan fingerprint density at radius 3 is 2.83 bits per heavy atom. The van der Waals surface area contributed by atoms with E-state index < -0.39 is 0 Å². The van der Waals surface area contributed by atoms with E-state index in [0.29, 0.717) is 18.1 Å². The van der Waals surface area contributed by atoms with E-state index in [2.05, 4.69) is 5.16 Å². The van der Waals surface area contributed by atoms with Crippen molar-refractivity contribution in [1.82, 2.24) is 4.90 Å². The van der Waals surface area contributed by atoms with Crippen molar-refractivity contribution < 1.29 is 9.60 Å². The normalized spacial score (nSPS) is 12.1. The molecule has 3 N–H and O–H groups in total. The SMILES string of the molecule is CCCN(CC(N)=NO)Cc1ccc(F)cc1Cl. The van der Waals surface area contributed by atoms with Crippen LogP contribution in [0, 0.1) is 5.82 Å². The Hall–Kier alpha value is -1.33. The molecule has 0 heterocycles. The molecular formula is C12H17ClFN3O. The highest BCUT2D eigenvalue weighted by molar-refractivity contribution is 6.31. The lowest BCUT2D eigenvalue weighted by Gasteiger charge is -2.21. The summed E-state index contributed by atoms with van der Waals surface area (Å²) in [5.74, 6) is -0.219. The lowest BCUT2D eigenvalue weighted by atomic mass is 10.2. The number of nitrogens with two attached hydrogens (primary N) is 1. The molecule has 0 atom stereocenters. The zero-order chi connectivity index (χ0) is 13.5. The van der Waals surface area contributed by atoms with Crippen LogP contribution in [0.2, 0.25) is 5.02 Å². The lowest BCUT2D eigenvalue weighted by molar-refractivity contribution is 0.286. The van der Waals surface area contributed by atoms with Crippen LogP contribution in [0.1, 0.15) is 18.9 Å². The quantitative estimate of drug-likeness (QED) is 0.362. The molecule has 1 aromatic rings. The van der Waals surface area contributed by atoms with Crippen molar-refractivity contribution in [2.75, 3.05) is 13.1 Å². The largest absolute Gasteiger partial charge is 0.409 e. The monoisotopic (exact) mass is 273 g/mol. The third-order valence-electron chi connectivity index (χ3n) is 2.46. The van der Waals surface area contributed by atoms with Gasteiger partial charge in [-0.1, -0.05) is 29.7 Å². The molecule has 0 saturated heterocycles. The Bertz CT molecular complexity index is 426. The molecule has 6 heteroatoms. The Morgan fingerprint density at radius 2 is 2.28 bits per heavy atom. The Labute approximate surface area is 111 Å². The summed E-state index contributed by atoms with van der Waals surface area (Å²) in [7, 11) is 0. The van der Waals surface area contributed by atoms with E-state index in [4.69, 9.17) is 22.5 Å². The van der Waals surface area contributed by atoms with Crippen molar-refractivity contribution in [2.24, 2.45) is 10.9 Å². The van der Waals surface area contributed by atoms with Gasteiger partial charge in [0.05, 0.1) is 6.54 Å². The first-order valence-corrected chi connectivity index (χ1v) is 6.07. The molecule has 0 radical (unpaired) electrons. The maximum atomic E-state index is 12.9. The van der Waals surface area contributed by atoms with Gasteiger partial charge in [0.1, 0.15) is 5.82 Å². The van der Waals surface area contributed by atoms with Gasteiger partial charge in [0.2, 0.25) is 0 Å². The van der Waals surface area contributed by atoms with Crippen LogP contribution in [0.15, 0.2) is 23.4 Å². The Balaban J connectivity index is 2.76. The van der Waals surface area contributed by atoms with E-state index in [1.54, 1.807) is 6.07 Å². The standard InChI is InChI=1S/C12H17ClFN3O/c1-2-5-17(8-12(15)16-18)7-9-3-4-10(14)6-11(9)13/h3-4,6,18H,2,5,7-8H2,1H3,(H2,15,16). The predicted molar refractivity (Wildman–Crippen MR) is 70.4 cm³/mol. The van der Waals surface area contributed by atoms with Crippen molar-refractivity contribution in [3.63, 3.8) is 0 Å². The average molecular weight is 274 g/mol. The van der Waals surface area contributed by atoms with Crippen LogP contribution in [-0.2, 0) is 6.54 Å². The van der Waals surface area contributed by atoms with Gasteiger partial charge in [-0.3, -0.25) is 4.90 Å². The third kappa shape index (κ3) is 4.50. The second kappa shape index (κ2) is 7.18. The number of hydrogen-bond donors (Lipinski definition) is 2. The van der Waals surface area contributed by atoms with Crippen LogP contribution in [0.4, 0.5) is 4.39 Å². The van der Waals surface area contributed by atoms with Crippen LogP contribution in [0.25, 0.3) is 0 Å². The molecular weight excluding hydrogens is 257 g/mol. The number of halogens is 2. The summed E-state index contributed by atoms with van der Waals surface area (Å²) in [5, 5.41) is 11.9. The highest BCUT2D eigenvalue weighted by Gasteiger charge is 2.10. The van der Waals surface area contributed by atoms with Gasteiger partial charge in [0, 0.05) is 11.6 Å². The van der Waals surface area contributed by atoms with Crippen LogP contribution < -0.4 is 5.73 Å². The van der Waals surface area contributed by atoms with Crippen molar-refractivity contribution >= 4 is 17.4 Å². The molecule has 0 aliphatic heterocycles. The molecule has 0 unspecified atom stereocenters. The summed E-state index contributed by atoms with van der Waals surface area (Å²) < 4.78 is 12.9. The van der Waals surface area contributed by atoms with Gasteiger partial charge in [0.15, 0.2) is 5.84 Å². The lowest BCUT2D eigenvalue weighted by Crippen LogP contribution is -2.34. The van der Waals surface area contributed by atoms with E-state index in [1.807, 2.05) is 11.8 Å². The van der Waals surface area contributed by atoms with E-state index in [9.17, 15) is 4.39 Å². The van der Waals surface area contributed by atoms with E-state index in [0.717, 1.165) is 18.5 Å². The number of amidine groups is 1. The minimum absolute atomic E-state index is 0.140. The maximum absolute atomic E-state index is 12.9. The molecule has 0 aliphatic rings. The summed E-state index contributed by atoms with van der Waals surface area (Å²) in [4.78, 5) is 1.98. The van der Waals surface area contributed by atoms with Gasteiger partial charge in [-0.15, -0.1) is 0 Å². The molecule has 100 valence electrons. The first-order valence-electron chi connectivity index (χ1n) is 5.69. The van der Waals surface area contributed by atoms with Crippen molar-refractivity contribution in [3.05, 3.63) is 34.6 Å². The van der Waals surface area contributed by atoms with Gasteiger partial charge >= 0.3 is 0 Å². The minimum atomic E-state index is -0.359. The fourth-order valence-electron chi connectivity index (χ4n) is 1.68. The number of oxime groups is 1. The molecule has 0 bridgehead atoms. The Morgan fingerprint density at radius 1 is 1.56 bits per heavy atom. The summed E-state index contributed by atoms with van der Waals surface area (Å²) in [6.07, 6.45) is 0.928. The molecule has 4 nitrogen and oxygen atoms in total. The summed E-state index contributed by atoms with van der Waals surface area (Å²) in [6.45, 7) is 3.69.